The van der Waals surface area contributed by atoms with E-state index in [2.05, 4.69) is 22.1 Å². The summed E-state index contributed by atoms with van der Waals surface area (Å²) in [6, 6.07) is 8.29. The van der Waals surface area contributed by atoms with E-state index in [0.717, 1.165) is 49.1 Å². The first-order valence-electron chi connectivity index (χ1n) is 12.0. The van der Waals surface area contributed by atoms with Crippen molar-refractivity contribution < 1.29 is 14.3 Å². The van der Waals surface area contributed by atoms with Crippen LogP contribution in [0.1, 0.15) is 55.9 Å². The Morgan fingerprint density at radius 2 is 1.94 bits per heavy atom. The third kappa shape index (κ3) is 5.44. The average molecular weight is 441 g/mol. The number of hydrogen-bond acceptors (Lipinski definition) is 4. The zero-order valence-corrected chi connectivity index (χ0v) is 19.4. The molecule has 7 nitrogen and oxygen atoms in total. The summed E-state index contributed by atoms with van der Waals surface area (Å²) in [4.78, 5) is 32.9. The quantitative estimate of drug-likeness (QED) is 0.692. The summed E-state index contributed by atoms with van der Waals surface area (Å²) in [5.74, 6) is 1.28. The van der Waals surface area contributed by atoms with Gasteiger partial charge in [-0.25, -0.2) is 0 Å². The van der Waals surface area contributed by atoms with Gasteiger partial charge in [0.05, 0.1) is 7.11 Å². The van der Waals surface area contributed by atoms with Gasteiger partial charge in [0.15, 0.2) is 0 Å². The summed E-state index contributed by atoms with van der Waals surface area (Å²) in [7, 11) is 1.63. The molecule has 2 saturated heterocycles. The molecule has 2 amide bonds. The fourth-order valence-corrected chi connectivity index (χ4v) is 5.02. The summed E-state index contributed by atoms with van der Waals surface area (Å²) in [5, 5.41) is 4.11. The summed E-state index contributed by atoms with van der Waals surface area (Å²) in [6.07, 6.45) is 6.15. The maximum Gasteiger partial charge on any atom is 0.270 e. The Bertz CT molecular complexity index is 932. The van der Waals surface area contributed by atoms with Crippen LogP contribution >= 0.6 is 0 Å². The molecule has 2 aliphatic rings. The van der Waals surface area contributed by atoms with Gasteiger partial charge in [-0.15, -0.1) is 0 Å². The fraction of sp³-hybridized carbons (Fsp3) is 0.600. The Kier molecular flexibility index (Phi) is 7.35. The number of piperidine rings is 2. The van der Waals surface area contributed by atoms with Crippen molar-refractivity contribution in [3.05, 3.63) is 30.0 Å². The van der Waals surface area contributed by atoms with Crippen molar-refractivity contribution in [3.63, 3.8) is 0 Å². The molecule has 1 aromatic carbocycles. The highest BCUT2D eigenvalue weighted by Gasteiger charge is 2.26. The number of nitrogens with one attached hydrogen (secondary N) is 2. The number of aromatic amines is 1. The summed E-state index contributed by atoms with van der Waals surface area (Å²) < 4.78 is 5.26. The monoisotopic (exact) mass is 440 g/mol. The molecule has 0 unspecified atom stereocenters. The van der Waals surface area contributed by atoms with Crippen LogP contribution in [0.5, 0.6) is 5.75 Å². The van der Waals surface area contributed by atoms with Gasteiger partial charge in [-0.1, -0.05) is 6.42 Å². The number of carbonyl (C=O) groups is 2. The first-order valence-corrected chi connectivity index (χ1v) is 12.0. The lowest BCUT2D eigenvalue weighted by Gasteiger charge is -2.33. The lowest BCUT2D eigenvalue weighted by molar-refractivity contribution is -0.122. The normalized spacial score (nSPS) is 20.4. The first kappa shape index (κ1) is 22.6. The Morgan fingerprint density at radius 1 is 1.12 bits per heavy atom. The van der Waals surface area contributed by atoms with E-state index in [0.29, 0.717) is 37.2 Å². The molecule has 1 atom stereocenters. The van der Waals surface area contributed by atoms with E-state index in [1.807, 2.05) is 29.2 Å². The van der Waals surface area contributed by atoms with Gasteiger partial charge in [0.25, 0.3) is 5.91 Å². The number of fused-ring (bicyclic) bond motifs is 1. The van der Waals surface area contributed by atoms with Crippen LogP contribution in [0.2, 0.25) is 0 Å². The fourth-order valence-electron chi connectivity index (χ4n) is 5.02. The Hall–Kier alpha value is -2.54. The van der Waals surface area contributed by atoms with E-state index in [1.54, 1.807) is 7.11 Å². The molecule has 2 aromatic rings. The van der Waals surface area contributed by atoms with E-state index >= 15 is 0 Å². The van der Waals surface area contributed by atoms with Crippen LogP contribution in [0.3, 0.4) is 0 Å². The van der Waals surface area contributed by atoms with E-state index in [9.17, 15) is 9.59 Å². The first-order chi connectivity index (χ1) is 15.5. The van der Waals surface area contributed by atoms with Gasteiger partial charge < -0.3 is 19.9 Å². The van der Waals surface area contributed by atoms with Gasteiger partial charge >= 0.3 is 0 Å². The van der Waals surface area contributed by atoms with E-state index < -0.39 is 0 Å². The molecule has 0 bridgehead atoms. The van der Waals surface area contributed by atoms with Gasteiger partial charge in [0.1, 0.15) is 11.4 Å². The summed E-state index contributed by atoms with van der Waals surface area (Å²) in [5.41, 5.74) is 1.51. The number of hydrogen-bond donors (Lipinski definition) is 2. The maximum absolute atomic E-state index is 13.0. The molecular formula is C25H36N4O3. The molecule has 174 valence electrons. The zero-order chi connectivity index (χ0) is 22.5. The smallest absolute Gasteiger partial charge is 0.270 e. The third-order valence-electron chi connectivity index (χ3n) is 7.10. The predicted octanol–water partition coefficient (Wildman–Crippen LogP) is 3.41. The highest BCUT2D eigenvalue weighted by molar-refractivity contribution is 5.98. The number of rotatable bonds is 7. The predicted molar refractivity (Wildman–Crippen MR) is 126 cm³/mol. The van der Waals surface area contributed by atoms with Crippen molar-refractivity contribution in [2.45, 2.75) is 51.5 Å². The standard InChI is InChI=1S/C25H36N4O3/c1-18-5-3-4-11-28(18)14-10-26-24(30)15-19-8-12-29(13-9-19)25(31)23-16-20-6-7-21(32-2)17-22(20)27-23/h6-7,16-19,27H,3-5,8-15H2,1-2H3,(H,26,30)/t18-/m0/s1. The molecule has 2 N–H and O–H groups in total. The molecule has 7 heteroatoms. The molecule has 2 fully saturated rings. The molecule has 0 spiro atoms. The SMILES string of the molecule is COc1ccc2cc(C(=O)N3CCC(CC(=O)NCCN4CCCC[C@@H]4C)CC3)[nH]c2c1. The number of likely N-dealkylation sites (tertiary alicyclic amines) is 2. The van der Waals surface area contributed by atoms with Crippen molar-refractivity contribution in [2.75, 3.05) is 39.8 Å². The van der Waals surface area contributed by atoms with Crippen LogP contribution in [0.4, 0.5) is 0 Å². The number of amides is 2. The van der Waals surface area contributed by atoms with Crippen LogP contribution in [-0.4, -0.2) is 72.5 Å². The van der Waals surface area contributed by atoms with Gasteiger partial charge in [-0.3, -0.25) is 14.5 Å². The minimum Gasteiger partial charge on any atom is -0.497 e. The number of ether oxygens (including phenoxy) is 1. The van der Waals surface area contributed by atoms with Crippen molar-refractivity contribution in [3.8, 4) is 5.75 Å². The third-order valence-corrected chi connectivity index (χ3v) is 7.10. The topological polar surface area (TPSA) is 77.7 Å². The molecule has 4 rings (SSSR count). The van der Waals surface area contributed by atoms with Crippen LogP contribution < -0.4 is 10.1 Å². The van der Waals surface area contributed by atoms with Crippen molar-refractivity contribution in [1.82, 2.24) is 20.1 Å². The second-order valence-electron chi connectivity index (χ2n) is 9.31. The minimum absolute atomic E-state index is 0.0266. The van der Waals surface area contributed by atoms with Crippen LogP contribution in [-0.2, 0) is 4.79 Å². The minimum atomic E-state index is 0.0266. The van der Waals surface area contributed by atoms with Gasteiger partial charge in [-0.2, -0.15) is 0 Å². The second kappa shape index (κ2) is 10.4. The van der Waals surface area contributed by atoms with E-state index in [1.165, 1.54) is 19.3 Å². The molecule has 0 saturated carbocycles. The lowest BCUT2D eigenvalue weighted by atomic mass is 9.93. The second-order valence-corrected chi connectivity index (χ2v) is 9.31. The highest BCUT2D eigenvalue weighted by Crippen LogP contribution is 2.25. The van der Waals surface area contributed by atoms with Crippen molar-refractivity contribution in [2.24, 2.45) is 5.92 Å². The van der Waals surface area contributed by atoms with Crippen molar-refractivity contribution >= 4 is 22.7 Å². The lowest BCUT2D eigenvalue weighted by Crippen LogP contribution is -2.43. The summed E-state index contributed by atoms with van der Waals surface area (Å²) in [6.45, 7) is 6.49. The highest BCUT2D eigenvalue weighted by atomic mass is 16.5. The molecule has 0 aliphatic carbocycles. The van der Waals surface area contributed by atoms with Crippen LogP contribution in [0.25, 0.3) is 10.9 Å². The number of methoxy groups -OCH3 is 1. The largest absolute Gasteiger partial charge is 0.497 e. The maximum atomic E-state index is 13.0. The number of aromatic nitrogens is 1. The molecule has 1 aromatic heterocycles. The Balaban J connectivity index is 1.20. The Morgan fingerprint density at radius 3 is 2.69 bits per heavy atom. The van der Waals surface area contributed by atoms with Crippen LogP contribution in [0.15, 0.2) is 24.3 Å². The number of H-pyrrole nitrogens is 1. The number of nitrogens with zero attached hydrogens (tertiary/aromatic N) is 2. The van der Waals surface area contributed by atoms with Gasteiger partial charge in [0, 0.05) is 55.6 Å². The number of carbonyl (C=O) groups excluding carboxylic acids is 2. The molecule has 2 aliphatic heterocycles. The molecule has 0 radical (unpaired) electrons. The van der Waals surface area contributed by atoms with E-state index in [4.69, 9.17) is 4.74 Å². The Labute approximate surface area is 190 Å². The molecule has 3 heterocycles. The zero-order valence-electron chi connectivity index (χ0n) is 19.4. The van der Waals surface area contributed by atoms with Gasteiger partial charge in [-0.05, 0) is 63.3 Å². The van der Waals surface area contributed by atoms with Crippen molar-refractivity contribution in [1.29, 1.82) is 0 Å². The molecular weight excluding hydrogens is 404 g/mol. The average Bonchev–Trinajstić information content (AvgIpc) is 3.23. The molecule has 32 heavy (non-hydrogen) atoms. The van der Waals surface area contributed by atoms with E-state index in [-0.39, 0.29) is 11.8 Å². The van der Waals surface area contributed by atoms with Crippen LogP contribution in [0, 0.1) is 5.92 Å². The number of benzene rings is 1. The van der Waals surface area contributed by atoms with Gasteiger partial charge in [0.2, 0.25) is 5.91 Å². The summed E-state index contributed by atoms with van der Waals surface area (Å²) >= 11 is 0.